The highest BCUT2D eigenvalue weighted by Gasteiger charge is 2.00. The molecular weight excluding hydrogens is 202 g/mol. The summed E-state index contributed by atoms with van der Waals surface area (Å²) in [5.41, 5.74) is 1.88. The molecule has 0 aliphatic carbocycles. The van der Waals surface area contributed by atoms with Crippen molar-refractivity contribution in [3.63, 3.8) is 0 Å². The van der Waals surface area contributed by atoms with Crippen molar-refractivity contribution in [3.8, 4) is 5.88 Å². The number of hydrogen-bond donors (Lipinski definition) is 1. The van der Waals surface area contributed by atoms with Gasteiger partial charge in [-0.15, -0.1) is 0 Å². The maximum atomic E-state index is 5.51. The predicted molar refractivity (Wildman–Crippen MR) is 64.8 cm³/mol. The summed E-state index contributed by atoms with van der Waals surface area (Å²) in [4.78, 5) is 8.50. The Morgan fingerprint density at radius 1 is 1.31 bits per heavy atom. The minimum Gasteiger partial charge on any atom is -0.477 e. The highest BCUT2D eigenvalue weighted by atomic mass is 16.5. The van der Waals surface area contributed by atoms with E-state index in [2.05, 4.69) is 29.1 Å². The second-order valence-electron chi connectivity index (χ2n) is 4.19. The molecule has 1 aromatic rings. The predicted octanol–water partition coefficient (Wildman–Crippen LogP) is 1.86. The van der Waals surface area contributed by atoms with Gasteiger partial charge in [0.2, 0.25) is 5.88 Å². The first-order valence-electron chi connectivity index (χ1n) is 5.76. The Labute approximate surface area is 97.5 Å². The van der Waals surface area contributed by atoms with Gasteiger partial charge in [0, 0.05) is 6.04 Å². The van der Waals surface area contributed by atoms with Crippen molar-refractivity contribution < 1.29 is 4.74 Å². The van der Waals surface area contributed by atoms with Gasteiger partial charge in [-0.3, -0.25) is 4.98 Å². The molecule has 1 heterocycles. The van der Waals surface area contributed by atoms with Crippen molar-refractivity contribution in [2.75, 3.05) is 13.2 Å². The number of ether oxygens (including phenoxy) is 1. The first-order valence-corrected chi connectivity index (χ1v) is 5.76. The van der Waals surface area contributed by atoms with Crippen LogP contribution in [0.4, 0.5) is 0 Å². The summed E-state index contributed by atoms with van der Waals surface area (Å²) >= 11 is 0. The van der Waals surface area contributed by atoms with Gasteiger partial charge in [0.25, 0.3) is 0 Å². The standard InChI is InChI=1S/C12H21N3O/c1-9(2)13-6-5-7-16-12-8-14-10(3)11(4)15-12/h8-9,13H,5-7H2,1-4H3. The lowest BCUT2D eigenvalue weighted by atomic mass is 10.3. The van der Waals surface area contributed by atoms with Crippen molar-refractivity contribution in [3.05, 3.63) is 17.6 Å². The van der Waals surface area contributed by atoms with Crippen molar-refractivity contribution in [1.29, 1.82) is 0 Å². The summed E-state index contributed by atoms with van der Waals surface area (Å²) in [7, 11) is 0. The highest BCUT2D eigenvalue weighted by Crippen LogP contribution is 2.07. The van der Waals surface area contributed by atoms with Gasteiger partial charge in [-0.2, -0.15) is 0 Å². The lowest BCUT2D eigenvalue weighted by Gasteiger charge is -2.09. The fourth-order valence-corrected chi connectivity index (χ4v) is 1.23. The molecule has 0 spiro atoms. The third kappa shape index (κ3) is 4.57. The van der Waals surface area contributed by atoms with E-state index in [-0.39, 0.29) is 0 Å². The number of aryl methyl sites for hydroxylation is 2. The third-order valence-electron chi connectivity index (χ3n) is 2.29. The van der Waals surface area contributed by atoms with Crippen LogP contribution < -0.4 is 10.1 Å². The van der Waals surface area contributed by atoms with Crippen molar-refractivity contribution >= 4 is 0 Å². The SMILES string of the molecule is Cc1ncc(OCCCNC(C)C)nc1C. The average molecular weight is 223 g/mol. The minimum absolute atomic E-state index is 0.529. The molecule has 0 aromatic carbocycles. The van der Waals surface area contributed by atoms with Crippen LogP contribution in [-0.2, 0) is 0 Å². The maximum Gasteiger partial charge on any atom is 0.232 e. The van der Waals surface area contributed by atoms with Gasteiger partial charge in [-0.05, 0) is 26.8 Å². The molecule has 90 valence electrons. The molecule has 0 aliphatic rings. The van der Waals surface area contributed by atoms with Gasteiger partial charge in [-0.1, -0.05) is 13.8 Å². The molecule has 0 fully saturated rings. The van der Waals surface area contributed by atoms with E-state index in [9.17, 15) is 0 Å². The Morgan fingerprint density at radius 2 is 2.06 bits per heavy atom. The van der Waals surface area contributed by atoms with E-state index in [4.69, 9.17) is 4.74 Å². The lowest BCUT2D eigenvalue weighted by molar-refractivity contribution is 0.293. The van der Waals surface area contributed by atoms with Crippen LogP contribution in [0, 0.1) is 13.8 Å². The topological polar surface area (TPSA) is 47.0 Å². The van der Waals surface area contributed by atoms with Gasteiger partial charge in [0.15, 0.2) is 0 Å². The summed E-state index contributed by atoms with van der Waals surface area (Å²) in [5.74, 6) is 0.618. The molecule has 0 saturated carbocycles. The van der Waals surface area contributed by atoms with Gasteiger partial charge in [0.1, 0.15) is 0 Å². The molecule has 16 heavy (non-hydrogen) atoms. The van der Waals surface area contributed by atoms with Gasteiger partial charge >= 0.3 is 0 Å². The highest BCUT2D eigenvalue weighted by molar-refractivity contribution is 5.14. The smallest absolute Gasteiger partial charge is 0.232 e. The van der Waals surface area contributed by atoms with Crippen LogP contribution >= 0.6 is 0 Å². The minimum atomic E-state index is 0.529. The Bertz CT molecular complexity index is 326. The summed E-state index contributed by atoms with van der Waals surface area (Å²) in [6.07, 6.45) is 2.66. The normalized spacial score (nSPS) is 10.8. The lowest BCUT2D eigenvalue weighted by Crippen LogP contribution is -2.24. The fraction of sp³-hybridized carbons (Fsp3) is 0.667. The van der Waals surface area contributed by atoms with Crippen LogP contribution in [0.3, 0.4) is 0 Å². The number of rotatable bonds is 6. The molecule has 4 heteroatoms. The van der Waals surface area contributed by atoms with Crippen LogP contribution in [0.5, 0.6) is 5.88 Å². The zero-order valence-electron chi connectivity index (χ0n) is 10.6. The van der Waals surface area contributed by atoms with Crippen LogP contribution in [0.15, 0.2) is 6.20 Å². The quantitative estimate of drug-likeness (QED) is 0.748. The zero-order chi connectivity index (χ0) is 12.0. The Morgan fingerprint density at radius 3 is 2.69 bits per heavy atom. The molecule has 0 saturated heterocycles. The van der Waals surface area contributed by atoms with E-state index in [0.29, 0.717) is 18.5 Å². The summed E-state index contributed by atoms with van der Waals surface area (Å²) in [5, 5.41) is 3.34. The van der Waals surface area contributed by atoms with Crippen LogP contribution in [0.25, 0.3) is 0 Å². The molecule has 1 rings (SSSR count). The van der Waals surface area contributed by atoms with Crippen molar-refractivity contribution in [2.24, 2.45) is 0 Å². The molecule has 4 nitrogen and oxygen atoms in total. The van der Waals surface area contributed by atoms with Crippen molar-refractivity contribution in [1.82, 2.24) is 15.3 Å². The molecule has 0 amide bonds. The number of hydrogen-bond acceptors (Lipinski definition) is 4. The maximum absolute atomic E-state index is 5.51. The molecule has 1 aromatic heterocycles. The number of aromatic nitrogens is 2. The fourth-order valence-electron chi connectivity index (χ4n) is 1.23. The third-order valence-corrected chi connectivity index (χ3v) is 2.29. The largest absolute Gasteiger partial charge is 0.477 e. The molecular formula is C12H21N3O. The van der Waals surface area contributed by atoms with Crippen LogP contribution in [-0.4, -0.2) is 29.2 Å². The van der Waals surface area contributed by atoms with E-state index in [0.717, 1.165) is 24.4 Å². The zero-order valence-corrected chi connectivity index (χ0v) is 10.6. The average Bonchev–Trinajstić information content (AvgIpc) is 2.22. The molecule has 0 atom stereocenters. The molecule has 0 bridgehead atoms. The van der Waals surface area contributed by atoms with E-state index in [1.807, 2.05) is 13.8 Å². The Hall–Kier alpha value is -1.16. The molecule has 0 unspecified atom stereocenters. The number of nitrogens with one attached hydrogen (secondary N) is 1. The number of nitrogens with zero attached hydrogens (tertiary/aromatic N) is 2. The van der Waals surface area contributed by atoms with E-state index in [1.54, 1.807) is 6.20 Å². The molecule has 0 aliphatic heterocycles. The first-order chi connectivity index (χ1) is 7.59. The summed E-state index contributed by atoms with van der Waals surface area (Å²) in [6, 6.07) is 0.529. The second kappa shape index (κ2) is 6.43. The van der Waals surface area contributed by atoms with Crippen LogP contribution in [0.1, 0.15) is 31.7 Å². The van der Waals surface area contributed by atoms with Crippen molar-refractivity contribution in [2.45, 2.75) is 40.2 Å². The first kappa shape index (κ1) is 12.9. The van der Waals surface area contributed by atoms with E-state index < -0.39 is 0 Å². The second-order valence-corrected chi connectivity index (χ2v) is 4.19. The Kier molecular flexibility index (Phi) is 5.19. The van der Waals surface area contributed by atoms with E-state index >= 15 is 0 Å². The molecule has 0 radical (unpaired) electrons. The summed E-state index contributed by atoms with van der Waals surface area (Å²) in [6.45, 7) is 9.80. The summed E-state index contributed by atoms with van der Waals surface area (Å²) < 4.78 is 5.51. The van der Waals surface area contributed by atoms with Gasteiger partial charge in [-0.25, -0.2) is 4.98 Å². The van der Waals surface area contributed by atoms with Crippen LogP contribution in [0.2, 0.25) is 0 Å². The molecule has 1 N–H and O–H groups in total. The van der Waals surface area contributed by atoms with Gasteiger partial charge in [0.05, 0.1) is 24.2 Å². The monoisotopic (exact) mass is 223 g/mol. The Balaban J connectivity index is 2.24. The van der Waals surface area contributed by atoms with Gasteiger partial charge < -0.3 is 10.1 Å². The van der Waals surface area contributed by atoms with E-state index in [1.165, 1.54) is 0 Å².